The lowest BCUT2D eigenvalue weighted by Crippen LogP contribution is -2.60. The number of amides is 1. The molecule has 0 aromatic heterocycles. The first-order valence-corrected chi connectivity index (χ1v) is 11.6. The summed E-state index contributed by atoms with van der Waals surface area (Å²) in [5.41, 5.74) is 0.659. The number of carbonyl (C=O) groups excluding carboxylic acids is 1. The van der Waals surface area contributed by atoms with Crippen molar-refractivity contribution in [3.63, 3.8) is 0 Å². The fraction of sp³-hybridized carbons (Fsp3) is 0.321. The van der Waals surface area contributed by atoms with Crippen LogP contribution < -0.4 is 0 Å². The normalized spacial score (nSPS) is 26.2. The molecule has 0 spiro atoms. The molecule has 0 saturated carbocycles. The van der Waals surface area contributed by atoms with Gasteiger partial charge in [0.25, 0.3) is 0 Å². The zero-order valence-corrected chi connectivity index (χ0v) is 18.8. The summed E-state index contributed by atoms with van der Waals surface area (Å²) in [5, 5.41) is 11.7. The van der Waals surface area contributed by atoms with Gasteiger partial charge in [0.1, 0.15) is 5.41 Å². The van der Waals surface area contributed by atoms with Crippen LogP contribution in [0.25, 0.3) is 0 Å². The molecular formula is C28H29NO4. The number of benzene rings is 3. The Kier molecular flexibility index (Phi) is 5.57. The third-order valence-electron chi connectivity index (χ3n) is 7.10. The van der Waals surface area contributed by atoms with Gasteiger partial charge in [-0.1, -0.05) is 104 Å². The van der Waals surface area contributed by atoms with E-state index < -0.39 is 16.8 Å². The third-order valence-corrected chi connectivity index (χ3v) is 7.10. The molecule has 2 atom stereocenters. The number of fused-ring (bicyclic) bond motifs is 1. The molecule has 5 rings (SSSR count). The number of β-amino-alcohol motifs (C(OH)–C–C–N with tert-alkyl or cyclic N) is 1. The number of hydrogen-bond donors (Lipinski definition) is 1. The van der Waals surface area contributed by atoms with Gasteiger partial charge in [-0.15, -0.1) is 0 Å². The van der Waals surface area contributed by atoms with Crippen LogP contribution in [-0.4, -0.2) is 28.2 Å². The van der Waals surface area contributed by atoms with Crippen molar-refractivity contribution < 1.29 is 19.7 Å². The van der Waals surface area contributed by atoms with Crippen LogP contribution in [0.2, 0.25) is 0 Å². The lowest BCUT2D eigenvalue weighted by molar-refractivity contribution is -0.503. The van der Waals surface area contributed by atoms with E-state index in [9.17, 15) is 9.90 Å². The zero-order chi connectivity index (χ0) is 22.9. The Morgan fingerprint density at radius 3 is 1.94 bits per heavy atom. The molecule has 170 valence electrons. The van der Waals surface area contributed by atoms with Crippen LogP contribution in [0.3, 0.4) is 0 Å². The monoisotopic (exact) mass is 443 g/mol. The number of carbonyl (C=O) groups is 1. The highest BCUT2D eigenvalue weighted by atomic mass is 17.2. The van der Waals surface area contributed by atoms with Crippen LogP contribution in [0, 0.1) is 5.41 Å². The third kappa shape index (κ3) is 3.48. The molecule has 33 heavy (non-hydrogen) atoms. The standard InChI is InChI=1S/C28H29NO4/c1-2-18-26-20-27(23-14-8-4-9-15-23,24-16-10-5-11-17-24)32-33-28(26,31)21-29(25(26)30)19-22-12-6-3-7-13-22/h3-17,31H,2,18-21H2,1H3. The summed E-state index contributed by atoms with van der Waals surface area (Å²) in [5.74, 6) is -1.81. The summed E-state index contributed by atoms with van der Waals surface area (Å²) in [4.78, 5) is 27.8. The van der Waals surface area contributed by atoms with Gasteiger partial charge in [0, 0.05) is 13.0 Å². The topological polar surface area (TPSA) is 59.0 Å². The quantitative estimate of drug-likeness (QED) is 0.556. The highest BCUT2D eigenvalue weighted by molar-refractivity contribution is 5.87. The number of hydrogen-bond acceptors (Lipinski definition) is 4. The lowest BCUT2D eigenvalue weighted by Gasteiger charge is -2.50. The Hall–Kier alpha value is -2.99. The average Bonchev–Trinajstić information content (AvgIpc) is 3.07. The molecule has 2 aliphatic heterocycles. The van der Waals surface area contributed by atoms with Gasteiger partial charge in [-0.25, -0.2) is 4.89 Å². The predicted molar refractivity (Wildman–Crippen MR) is 125 cm³/mol. The maximum atomic E-state index is 14.0. The van der Waals surface area contributed by atoms with Gasteiger partial charge in [-0.2, -0.15) is 4.89 Å². The molecule has 5 nitrogen and oxygen atoms in total. The lowest BCUT2D eigenvalue weighted by atomic mass is 9.65. The van der Waals surface area contributed by atoms with E-state index >= 15 is 0 Å². The molecule has 2 aliphatic rings. The molecule has 1 N–H and O–H groups in total. The van der Waals surface area contributed by atoms with E-state index in [-0.39, 0.29) is 12.5 Å². The van der Waals surface area contributed by atoms with Gasteiger partial charge in [-0.05, 0) is 23.1 Å². The number of nitrogens with zero attached hydrogens (tertiary/aromatic N) is 1. The van der Waals surface area contributed by atoms with E-state index in [1.165, 1.54) is 0 Å². The van der Waals surface area contributed by atoms with E-state index in [0.29, 0.717) is 19.4 Å². The second-order valence-electron chi connectivity index (χ2n) is 9.17. The van der Waals surface area contributed by atoms with Gasteiger partial charge >= 0.3 is 0 Å². The number of likely N-dealkylation sites (tertiary alicyclic amines) is 1. The molecule has 3 aromatic rings. The molecule has 0 aliphatic carbocycles. The summed E-state index contributed by atoms with van der Waals surface area (Å²) in [6.07, 6.45) is 1.52. The van der Waals surface area contributed by atoms with Crippen molar-refractivity contribution in [1.29, 1.82) is 0 Å². The first-order valence-electron chi connectivity index (χ1n) is 11.6. The molecule has 5 heteroatoms. The summed E-state index contributed by atoms with van der Waals surface area (Å²) in [6, 6.07) is 29.5. The van der Waals surface area contributed by atoms with Gasteiger partial charge in [0.15, 0.2) is 5.60 Å². The maximum absolute atomic E-state index is 14.0. The fourth-order valence-corrected chi connectivity index (χ4v) is 5.50. The van der Waals surface area contributed by atoms with Crippen molar-refractivity contribution in [2.45, 2.75) is 44.1 Å². The summed E-state index contributed by atoms with van der Waals surface area (Å²) in [6.45, 7) is 2.52. The summed E-state index contributed by atoms with van der Waals surface area (Å²) >= 11 is 0. The highest BCUT2D eigenvalue weighted by Crippen LogP contribution is 2.58. The Bertz CT molecular complexity index is 1070. The first-order chi connectivity index (χ1) is 16.0. The van der Waals surface area contributed by atoms with Crippen molar-refractivity contribution in [1.82, 2.24) is 4.90 Å². The Morgan fingerprint density at radius 1 is 0.848 bits per heavy atom. The van der Waals surface area contributed by atoms with Crippen molar-refractivity contribution in [3.05, 3.63) is 108 Å². The van der Waals surface area contributed by atoms with Gasteiger partial charge < -0.3 is 10.0 Å². The van der Waals surface area contributed by atoms with Gasteiger partial charge in [0.2, 0.25) is 11.7 Å². The van der Waals surface area contributed by atoms with E-state index in [4.69, 9.17) is 9.78 Å². The Balaban J connectivity index is 1.60. The van der Waals surface area contributed by atoms with Gasteiger partial charge in [0.05, 0.1) is 6.54 Å². The molecule has 0 bridgehead atoms. The van der Waals surface area contributed by atoms with E-state index in [2.05, 4.69) is 0 Å². The second-order valence-corrected chi connectivity index (χ2v) is 9.17. The smallest absolute Gasteiger partial charge is 0.235 e. The summed E-state index contributed by atoms with van der Waals surface area (Å²) < 4.78 is 0. The van der Waals surface area contributed by atoms with E-state index in [0.717, 1.165) is 23.1 Å². The Morgan fingerprint density at radius 2 is 1.39 bits per heavy atom. The number of rotatable bonds is 6. The van der Waals surface area contributed by atoms with Gasteiger partial charge in [-0.3, -0.25) is 4.79 Å². The van der Waals surface area contributed by atoms with E-state index in [1.54, 1.807) is 4.90 Å². The maximum Gasteiger partial charge on any atom is 0.235 e. The van der Waals surface area contributed by atoms with Crippen LogP contribution in [0.1, 0.15) is 42.9 Å². The fourth-order valence-electron chi connectivity index (χ4n) is 5.50. The second kappa shape index (κ2) is 8.41. The molecule has 0 radical (unpaired) electrons. The molecule has 2 unspecified atom stereocenters. The summed E-state index contributed by atoms with van der Waals surface area (Å²) in [7, 11) is 0. The van der Waals surface area contributed by atoms with Crippen molar-refractivity contribution in [2.24, 2.45) is 5.41 Å². The van der Waals surface area contributed by atoms with Crippen LogP contribution in [0.5, 0.6) is 0 Å². The number of aliphatic hydroxyl groups is 1. The average molecular weight is 444 g/mol. The predicted octanol–water partition coefficient (Wildman–Crippen LogP) is 4.80. The largest absolute Gasteiger partial charge is 0.361 e. The molecule has 2 fully saturated rings. The van der Waals surface area contributed by atoms with Crippen LogP contribution in [0.4, 0.5) is 0 Å². The molecule has 1 amide bonds. The van der Waals surface area contributed by atoms with Crippen molar-refractivity contribution in [3.8, 4) is 0 Å². The van der Waals surface area contributed by atoms with Crippen molar-refractivity contribution >= 4 is 5.91 Å². The van der Waals surface area contributed by atoms with Crippen molar-refractivity contribution in [2.75, 3.05) is 6.54 Å². The SMILES string of the molecule is CCCC12CC(c3ccccc3)(c3ccccc3)OOC1(O)CN(Cc1ccccc1)C2=O. The minimum Gasteiger partial charge on any atom is -0.361 e. The Labute approximate surface area is 194 Å². The van der Waals surface area contributed by atoms with Crippen LogP contribution in [-0.2, 0) is 26.7 Å². The minimum atomic E-state index is -1.72. The minimum absolute atomic E-state index is 0.0698. The zero-order valence-electron chi connectivity index (χ0n) is 18.8. The van der Waals surface area contributed by atoms with Crippen LogP contribution >= 0.6 is 0 Å². The molecule has 2 saturated heterocycles. The van der Waals surface area contributed by atoms with Crippen LogP contribution in [0.15, 0.2) is 91.0 Å². The first kappa shape index (κ1) is 21.8. The molecular weight excluding hydrogens is 414 g/mol. The molecule has 2 heterocycles. The highest BCUT2D eigenvalue weighted by Gasteiger charge is 2.70. The molecule has 3 aromatic carbocycles. The van der Waals surface area contributed by atoms with E-state index in [1.807, 2.05) is 97.9 Å².